The van der Waals surface area contributed by atoms with Gasteiger partial charge in [0.2, 0.25) is 5.91 Å². The normalized spacial score (nSPS) is 10.6. The monoisotopic (exact) mass is 309 g/mol. The van der Waals surface area contributed by atoms with Crippen molar-refractivity contribution in [2.24, 2.45) is 0 Å². The second kappa shape index (κ2) is 7.14. The third-order valence-electron chi connectivity index (χ3n) is 2.84. The minimum atomic E-state index is -0.443. The molecule has 2 rings (SSSR count). The average molecular weight is 309 g/mol. The Kier molecular flexibility index (Phi) is 5.24. The van der Waals surface area contributed by atoms with Gasteiger partial charge in [0.15, 0.2) is 0 Å². The Labute approximate surface area is 126 Å². The van der Waals surface area contributed by atoms with Gasteiger partial charge in [-0.3, -0.25) is 4.79 Å². The Morgan fingerprint density at radius 1 is 1.52 bits per heavy atom. The van der Waals surface area contributed by atoms with Crippen molar-refractivity contribution in [3.8, 4) is 0 Å². The highest BCUT2D eigenvalue weighted by Gasteiger charge is 2.07. The van der Waals surface area contributed by atoms with Crippen LogP contribution in [0.3, 0.4) is 0 Å². The molecule has 0 fully saturated rings. The summed E-state index contributed by atoms with van der Waals surface area (Å²) in [4.78, 5) is 17.0. The second-order valence-electron chi connectivity index (χ2n) is 4.44. The molecule has 3 N–H and O–H groups in total. The van der Waals surface area contributed by atoms with Crippen LogP contribution in [0.25, 0.3) is 0 Å². The summed E-state index contributed by atoms with van der Waals surface area (Å²) in [6.07, 6.45) is 0.725. The fraction of sp³-hybridized carbons (Fsp3) is 0.286. The average Bonchev–Trinajstić information content (AvgIpc) is 2.84. The Morgan fingerprint density at radius 2 is 2.33 bits per heavy atom. The number of amides is 1. The molecule has 0 aliphatic carbocycles. The lowest BCUT2D eigenvalue weighted by atomic mass is 10.2. The van der Waals surface area contributed by atoms with Crippen molar-refractivity contribution in [2.75, 3.05) is 24.3 Å². The molecule has 21 heavy (non-hydrogen) atoms. The summed E-state index contributed by atoms with van der Waals surface area (Å²) >= 11 is 1.57. The van der Waals surface area contributed by atoms with Gasteiger partial charge in [0, 0.05) is 11.3 Å². The molecule has 1 heterocycles. The van der Waals surface area contributed by atoms with Crippen LogP contribution >= 0.6 is 11.3 Å². The van der Waals surface area contributed by atoms with Crippen LogP contribution in [0.4, 0.5) is 15.8 Å². The van der Waals surface area contributed by atoms with Gasteiger partial charge in [-0.15, -0.1) is 11.3 Å². The largest absolute Gasteiger partial charge is 0.397 e. The van der Waals surface area contributed by atoms with E-state index < -0.39 is 5.82 Å². The SMILES string of the molecule is Cc1ncsc1CCOCC(=O)Nc1ccc(F)cc1N. The molecule has 0 bridgehead atoms. The van der Waals surface area contributed by atoms with Crippen molar-refractivity contribution < 1.29 is 13.9 Å². The molecular weight excluding hydrogens is 293 g/mol. The van der Waals surface area contributed by atoms with Gasteiger partial charge in [-0.05, 0) is 25.1 Å². The van der Waals surface area contributed by atoms with Crippen LogP contribution in [0.5, 0.6) is 0 Å². The number of hydrogen-bond donors (Lipinski definition) is 2. The Bertz CT molecular complexity index is 630. The first kappa shape index (κ1) is 15.4. The number of rotatable bonds is 6. The molecule has 7 heteroatoms. The van der Waals surface area contributed by atoms with E-state index in [4.69, 9.17) is 10.5 Å². The van der Waals surface area contributed by atoms with E-state index in [9.17, 15) is 9.18 Å². The van der Waals surface area contributed by atoms with Gasteiger partial charge in [0.1, 0.15) is 12.4 Å². The smallest absolute Gasteiger partial charge is 0.250 e. The zero-order valence-electron chi connectivity index (χ0n) is 11.6. The topological polar surface area (TPSA) is 77.2 Å². The minimum absolute atomic E-state index is 0.0747. The summed E-state index contributed by atoms with van der Waals surface area (Å²) < 4.78 is 18.2. The molecule has 0 saturated heterocycles. The number of aromatic nitrogens is 1. The Balaban J connectivity index is 1.73. The number of carbonyl (C=O) groups is 1. The quantitative estimate of drug-likeness (QED) is 0.634. The van der Waals surface area contributed by atoms with E-state index in [1.54, 1.807) is 16.8 Å². The lowest BCUT2D eigenvalue weighted by Gasteiger charge is -2.08. The summed E-state index contributed by atoms with van der Waals surface area (Å²) in [5.74, 6) is -0.768. The van der Waals surface area contributed by atoms with Crippen LogP contribution in [-0.4, -0.2) is 24.1 Å². The molecule has 2 aromatic rings. The van der Waals surface area contributed by atoms with Gasteiger partial charge in [-0.2, -0.15) is 0 Å². The maximum Gasteiger partial charge on any atom is 0.250 e. The molecule has 0 aliphatic rings. The Hall–Kier alpha value is -1.99. The minimum Gasteiger partial charge on any atom is -0.397 e. The number of nitrogen functional groups attached to an aromatic ring is 1. The maximum atomic E-state index is 12.9. The number of aryl methyl sites for hydroxylation is 1. The summed E-state index contributed by atoms with van der Waals surface area (Å²) in [6, 6.07) is 3.81. The van der Waals surface area contributed by atoms with Crippen LogP contribution in [0.15, 0.2) is 23.7 Å². The van der Waals surface area contributed by atoms with Crippen LogP contribution < -0.4 is 11.1 Å². The molecule has 0 atom stereocenters. The first-order valence-corrected chi connectivity index (χ1v) is 7.26. The number of thiazole rings is 1. The molecule has 0 aliphatic heterocycles. The fourth-order valence-electron chi connectivity index (χ4n) is 1.73. The first-order valence-electron chi connectivity index (χ1n) is 6.38. The van der Waals surface area contributed by atoms with Gasteiger partial charge in [0.25, 0.3) is 0 Å². The lowest BCUT2D eigenvalue weighted by Crippen LogP contribution is -2.19. The zero-order valence-corrected chi connectivity index (χ0v) is 12.4. The lowest BCUT2D eigenvalue weighted by molar-refractivity contribution is -0.120. The van der Waals surface area contributed by atoms with Crippen molar-refractivity contribution in [3.05, 3.63) is 40.1 Å². The van der Waals surface area contributed by atoms with E-state index >= 15 is 0 Å². The van der Waals surface area contributed by atoms with Crippen LogP contribution in [0.2, 0.25) is 0 Å². The van der Waals surface area contributed by atoms with Crippen molar-refractivity contribution in [1.82, 2.24) is 4.98 Å². The number of anilines is 2. The van der Waals surface area contributed by atoms with E-state index in [0.29, 0.717) is 12.3 Å². The number of ether oxygens (including phenoxy) is 1. The van der Waals surface area contributed by atoms with E-state index in [2.05, 4.69) is 10.3 Å². The molecule has 5 nitrogen and oxygen atoms in total. The number of benzene rings is 1. The number of halogens is 1. The van der Waals surface area contributed by atoms with Crippen LogP contribution in [-0.2, 0) is 16.0 Å². The molecule has 0 saturated carbocycles. The summed E-state index contributed by atoms with van der Waals surface area (Å²) in [5, 5.41) is 2.58. The summed E-state index contributed by atoms with van der Waals surface area (Å²) in [7, 11) is 0. The van der Waals surface area contributed by atoms with E-state index in [0.717, 1.165) is 23.1 Å². The highest BCUT2D eigenvalue weighted by atomic mass is 32.1. The van der Waals surface area contributed by atoms with Gasteiger partial charge < -0.3 is 15.8 Å². The molecule has 0 spiro atoms. The molecular formula is C14H16FN3O2S. The molecule has 1 amide bonds. The zero-order chi connectivity index (χ0) is 15.2. The molecule has 0 unspecified atom stereocenters. The second-order valence-corrected chi connectivity index (χ2v) is 5.38. The summed E-state index contributed by atoms with van der Waals surface area (Å²) in [5.41, 5.74) is 8.95. The maximum absolute atomic E-state index is 12.9. The number of hydrogen-bond acceptors (Lipinski definition) is 5. The van der Waals surface area contributed by atoms with E-state index in [1.165, 1.54) is 12.1 Å². The highest BCUT2D eigenvalue weighted by Crippen LogP contribution is 2.18. The third kappa shape index (κ3) is 4.51. The number of nitrogens with zero attached hydrogens (tertiary/aromatic N) is 1. The van der Waals surface area contributed by atoms with Gasteiger partial charge in [-0.25, -0.2) is 9.37 Å². The van der Waals surface area contributed by atoms with Crippen molar-refractivity contribution in [3.63, 3.8) is 0 Å². The number of nitrogens with one attached hydrogen (secondary N) is 1. The molecule has 1 aromatic heterocycles. The fourth-order valence-corrected chi connectivity index (χ4v) is 2.49. The molecule has 0 radical (unpaired) electrons. The van der Waals surface area contributed by atoms with Gasteiger partial charge in [0.05, 0.1) is 29.2 Å². The molecule has 1 aromatic carbocycles. The van der Waals surface area contributed by atoms with Crippen molar-refractivity contribution in [1.29, 1.82) is 0 Å². The highest BCUT2D eigenvalue weighted by molar-refractivity contribution is 7.09. The standard InChI is InChI=1S/C14H16FN3O2S/c1-9-13(21-8-17-9)4-5-20-7-14(19)18-12-3-2-10(15)6-11(12)16/h2-3,6,8H,4-5,7,16H2,1H3,(H,18,19). The van der Waals surface area contributed by atoms with Crippen LogP contribution in [0.1, 0.15) is 10.6 Å². The summed E-state index contributed by atoms with van der Waals surface area (Å²) in [6.45, 7) is 2.31. The number of carbonyl (C=O) groups excluding carboxylic acids is 1. The van der Waals surface area contributed by atoms with Crippen molar-refractivity contribution >= 4 is 28.6 Å². The molecule has 112 valence electrons. The van der Waals surface area contributed by atoms with E-state index in [-0.39, 0.29) is 18.2 Å². The number of nitrogens with two attached hydrogens (primary N) is 1. The first-order chi connectivity index (χ1) is 10.1. The predicted octanol–water partition coefficient (Wildman–Crippen LogP) is 2.37. The Morgan fingerprint density at radius 3 is 3.00 bits per heavy atom. The van der Waals surface area contributed by atoms with Gasteiger partial charge in [-0.1, -0.05) is 0 Å². The van der Waals surface area contributed by atoms with E-state index in [1.807, 2.05) is 6.92 Å². The van der Waals surface area contributed by atoms with Gasteiger partial charge >= 0.3 is 0 Å². The third-order valence-corrected chi connectivity index (χ3v) is 3.83. The predicted molar refractivity (Wildman–Crippen MR) is 80.8 cm³/mol. The van der Waals surface area contributed by atoms with Crippen LogP contribution in [0, 0.1) is 12.7 Å². The van der Waals surface area contributed by atoms with Crippen molar-refractivity contribution in [2.45, 2.75) is 13.3 Å².